The summed E-state index contributed by atoms with van der Waals surface area (Å²) in [7, 11) is 0. The number of rotatable bonds is 3. The van der Waals surface area contributed by atoms with Crippen LogP contribution < -0.4 is 4.74 Å². The molecule has 1 aromatic carbocycles. The number of aromatic nitrogens is 1. The van der Waals surface area contributed by atoms with E-state index in [9.17, 15) is 4.79 Å². The molecule has 0 radical (unpaired) electrons. The van der Waals surface area contributed by atoms with Crippen molar-refractivity contribution in [2.45, 2.75) is 6.92 Å². The molecule has 17 heavy (non-hydrogen) atoms. The number of benzene rings is 1. The van der Waals surface area contributed by atoms with Crippen molar-refractivity contribution in [3.05, 3.63) is 52.8 Å². The molecule has 0 aliphatic rings. The molecule has 0 unspecified atom stereocenters. The molecule has 0 saturated carbocycles. The third kappa shape index (κ3) is 2.91. The number of pyridine rings is 1. The van der Waals surface area contributed by atoms with Gasteiger partial charge < -0.3 is 4.74 Å². The molecule has 0 aliphatic heterocycles. The molecule has 2 rings (SSSR count). The Morgan fingerprint density at radius 3 is 2.71 bits per heavy atom. The normalized spacial score (nSPS) is 10.0. The van der Waals surface area contributed by atoms with E-state index < -0.39 is 0 Å². The zero-order chi connectivity index (χ0) is 12.3. The standard InChI is InChI=1S/C13H10BrNO2/c1-9(16)12-5-4-10(7-13(12)14)17-11-3-2-6-15-8-11/h2-8H,1H3. The fourth-order valence-electron chi connectivity index (χ4n) is 1.39. The van der Waals surface area contributed by atoms with Crippen LogP contribution in [-0.2, 0) is 0 Å². The van der Waals surface area contributed by atoms with Crippen LogP contribution in [0.5, 0.6) is 11.5 Å². The second-order valence-electron chi connectivity index (χ2n) is 3.49. The number of ketones is 1. The molecule has 0 spiro atoms. The lowest BCUT2D eigenvalue weighted by Gasteiger charge is -2.07. The minimum absolute atomic E-state index is 0.0183. The van der Waals surface area contributed by atoms with E-state index in [1.807, 2.05) is 6.07 Å². The Kier molecular flexibility index (Phi) is 3.54. The molecule has 0 amide bonds. The number of carbonyl (C=O) groups excluding carboxylic acids is 1. The fraction of sp³-hybridized carbons (Fsp3) is 0.0769. The Labute approximate surface area is 108 Å². The van der Waals surface area contributed by atoms with Gasteiger partial charge in [0.05, 0.1) is 6.20 Å². The highest BCUT2D eigenvalue weighted by molar-refractivity contribution is 9.10. The maximum absolute atomic E-state index is 11.3. The Morgan fingerprint density at radius 2 is 2.12 bits per heavy atom. The van der Waals surface area contributed by atoms with Gasteiger partial charge in [0.15, 0.2) is 5.78 Å². The van der Waals surface area contributed by atoms with E-state index in [4.69, 9.17) is 4.74 Å². The summed E-state index contributed by atoms with van der Waals surface area (Å²) in [6.45, 7) is 1.53. The van der Waals surface area contributed by atoms with E-state index in [0.717, 1.165) is 4.47 Å². The third-order valence-electron chi connectivity index (χ3n) is 2.19. The minimum atomic E-state index is 0.0183. The smallest absolute Gasteiger partial charge is 0.160 e. The molecule has 0 atom stereocenters. The molecule has 4 heteroatoms. The molecule has 86 valence electrons. The van der Waals surface area contributed by atoms with Gasteiger partial charge in [-0.05, 0) is 53.2 Å². The summed E-state index contributed by atoms with van der Waals surface area (Å²) in [6, 6.07) is 8.88. The number of nitrogens with zero attached hydrogens (tertiary/aromatic N) is 1. The highest BCUT2D eigenvalue weighted by atomic mass is 79.9. The maximum atomic E-state index is 11.3. The lowest BCUT2D eigenvalue weighted by atomic mass is 10.1. The molecule has 0 aliphatic carbocycles. The van der Waals surface area contributed by atoms with Crippen LogP contribution in [0.15, 0.2) is 47.2 Å². The number of Topliss-reactive ketones (excluding diaryl/α,β-unsaturated/α-hetero) is 1. The Balaban J connectivity index is 2.24. The third-order valence-corrected chi connectivity index (χ3v) is 2.85. The van der Waals surface area contributed by atoms with Gasteiger partial charge in [-0.15, -0.1) is 0 Å². The summed E-state index contributed by atoms with van der Waals surface area (Å²) in [5, 5.41) is 0. The Hall–Kier alpha value is -1.68. The number of ether oxygens (including phenoxy) is 1. The van der Waals surface area contributed by atoms with Crippen molar-refractivity contribution in [1.82, 2.24) is 4.98 Å². The van der Waals surface area contributed by atoms with Crippen molar-refractivity contribution in [2.24, 2.45) is 0 Å². The van der Waals surface area contributed by atoms with Gasteiger partial charge >= 0.3 is 0 Å². The molecule has 1 heterocycles. The van der Waals surface area contributed by atoms with Crippen LogP contribution in [0.3, 0.4) is 0 Å². The number of hydrogen-bond acceptors (Lipinski definition) is 3. The van der Waals surface area contributed by atoms with E-state index in [2.05, 4.69) is 20.9 Å². The highest BCUT2D eigenvalue weighted by Gasteiger charge is 2.06. The quantitative estimate of drug-likeness (QED) is 0.807. The molecule has 0 saturated heterocycles. The van der Waals surface area contributed by atoms with Crippen molar-refractivity contribution in [1.29, 1.82) is 0 Å². The van der Waals surface area contributed by atoms with E-state index in [1.54, 1.807) is 36.7 Å². The summed E-state index contributed by atoms with van der Waals surface area (Å²) < 4.78 is 6.32. The van der Waals surface area contributed by atoms with Gasteiger partial charge in [0.25, 0.3) is 0 Å². The predicted octanol–water partition coefficient (Wildman–Crippen LogP) is 3.84. The summed E-state index contributed by atoms with van der Waals surface area (Å²) in [6.07, 6.45) is 3.31. The maximum Gasteiger partial charge on any atom is 0.160 e. The molecular formula is C13H10BrNO2. The zero-order valence-corrected chi connectivity index (χ0v) is 10.8. The second kappa shape index (κ2) is 5.10. The van der Waals surface area contributed by atoms with Gasteiger partial charge in [-0.2, -0.15) is 0 Å². The van der Waals surface area contributed by atoms with Crippen LogP contribution in [0.1, 0.15) is 17.3 Å². The summed E-state index contributed by atoms with van der Waals surface area (Å²) >= 11 is 3.34. The molecule has 3 nitrogen and oxygen atoms in total. The topological polar surface area (TPSA) is 39.2 Å². The van der Waals surface area contributed by atoms with Gasteiger partial charge in [-0.3, -0.25) is 9.78 Å². The lowest BCUT2D eigenvalue weighted by molar-refractivity contribution is 0.101. The largest absolute Gasteiger partial charge is 0.456 e. The van der Waals surface area contributed by atoms with E-state index >= 15 is 0 Å². The molecule has 0 bridgehead atoms. The SMILES string of the molecule is CC(=O)c1ccc(Oc2cccnc2)cc1Br. The van der Waals surface area contributed by atoms with Crippen LogP contribution >= 0.6 is 15.9 Å². The first-order valence-electron chi connectivity index (χ1n) is 5.05. The zero-order valence-electron chi connectivity index (χ0n) is 9.18. The molecular weight excluding hydrogens is 282 g/mol. The molecule has 0 N–H and O–H groups in total. The monoisotopic (exact) mass is 291 g/mol. The molecule has 1 aromatic heterocycles. The average Bonchev–Trinajstić information content (AvgIpc) is 2.30. The van der Waals surface area contributed by atoms with Gasteiger partial charge in [0.1, 0.15) is 11.5 Å². The average molecular weight is 292 g/mol. The number of halogens is 1. The first-order chi connectivity index (χ1) is 8.16. The van der Waals surface area contributed by atoms with Crippen LogP contribution in [0.4, 0.5) is 0 Å². The van der Waals surface area contributed by atoms with E-state index in [1.165, 1.54) is 6.92 Å². The highest BCUT2D eigenvalue weighted by Crippen LogP contribution is 2.26. The lowest BCUT2D eigenvalue weighted by Crippen LogP contribution is -1.94. The van der Waals surface area contributed by atoms with Gasteiger partial charge in [0.2, 0.25) is 0 Å². The summed E-state index contributed by atoms with van der Waals surface area (Å²) in [5.74, 6) is 1.34. The molecule has 0 fully saturated rings. The van der Waals surface area contributed by atoms with Gasteiger partial charge in [-0.25, -0.2) is 0 Å². The van der Waals surface area contributed by atoms with Crippen molar-refractivity contribution in [3.8, 4) is 11.5 Å². The van der Waals surface area contributed by atoms with Crippen molar-refractivity contribution in [2.75, 3.05) is 0 Å². The van der Waals surface area contributed by atoms with Crippen LogP contribution in [0.2, 0.25) is 0 Å². The van der Waals surface area contributed by atoms with Crippen molar-refractivity contribution in [3.63, 3.8) is 0 Å². The minimum Gasteiger partial charge on any atom is -0.456 e. The first kappa shape index (κ1) is 11.8. The van der Waals surface area contributed by atoms with E-state index in [-0.39, 0.29) is 5.78 Å². The van der Waals surface area contributed by atoms with Crippen LogP contribution in [-0.4, -0.2) is 10.8 Å². The summed E-state index contributed by atoms with van der Waals surface area (Å²) in [4.78, 5) is 15.2. The second-order valence-corrected chi connectivity index (χ2v) is 4.34. The van der Waals surface area contributed by atoms with Crippen LogP contribution in [0.25, 0.3) is 0 Å². The van der Waals surface area contributed by atoms with Crippen LogP contribution in [0, 0.1) is 0 Å². The number of carbonyl (C=O) groups is 1. The predicted molar refractivity (Wildman–Crippen MR) is 68.5 cm³/mol. The van der Waals surface area contributed by atoms with Gasteiger partial charge in [0, 0.05) is 16.2 Å². The van der Waals surface area contributed by atoms with Crippen molar-refractivity contribution >= 4 is 21.7 Å². The van der Waals surface area contributed by atoms with Crippen molar-refractivity contribution < 1.29 is 9.53 Å². The van der Waals surface area contributed by atoms with Gasteiger partial charge in [-0.1, -0.05) is 0 Å². The summed E-state index contributed by atoms with van der Waals surface area (Å²) in [5.41, 5.74) is 0.642. The molecule has 2 aromatic rings. The fourth-order valence-corrected chi connectivity index (χ4v) is 2.03. The van der Waals surface area contributed by atoms with E-state index in [0.29, 0.717) is 17.1 Å². The Morgan fingerprint density at radius 1 is 1.29 bits per heavy atom. The number of hydrogen-bond donors (Lipinski definition) is 0. The first-order valence-corrected chi connectivity index (χ1v) is 5.84. The Bertz CT molecular complexity index is 540.